The summed E-state index contributed by atoms with van der Waals surface area (Å²) in [6.07, 6.45) is 0. The van der Waals surface area contributed by atoms with Crippen molar-refractivity contribution in [3.63, 3.8) is 0 Å². The molecule has 0 radical (unpaired) electrons. The standard InChI is InChI=1S/C25H36N2O3S/c1-18(2)12-27(25(28)17-29-4)14-21-13-26(16-24-19(3)9-10-31-24)15-23(21)20-7-6-8-22(11-20)30-5/h6-11,18,21,23H,12-17H2,1-5H3/t21-,23+/m0/s1. The molecule has 170 valence electrons. The molecule has 1 saturated heterocycles. The molecule has 2 heterocycles. The molecular formula is C25H36N2O3S. The van der Waals surface area contributed by atoms with Gasteiger partial charge in [0.2, 0.25) is 5.91 Å². The number of carbonyl (C=O) groups excluding carboxylic acids is 1. The summed E-state index contributed by atoms with van der Waals surface area (Å²) in [7, 11) is 3.30. The number of rotatable bonds is 10. The lowest BCUT2D eigenvalue weighted by molar-refractivity contribution is -0.136. The minimum atomic E-state index is 0.0770. The minimum absolute atomic E-state index is 0.0770. The Kier molecular flexibility index (Phi) is 8.52. The predicted molar refractivity (Wildman–Crippen MR) is 127 cm³/mol. The third-order valence-electron chi connectivity index (χ3n) is 6.03. The number of benzene rings is 1. The Morgan fingerprint density at radius 1 is 1.26 bits per heavy atom. The Bertz CT molecular complexity index is 851. The summed E-state index contributed by atoms with van der Waals surface area (Å²) in [5.41, 5.74) is 2.65. The first-order valence-electron chi connectivity index (χ1n) is 11.1. The molecule has 0 saturated carbocycles. The van der Waals surface area contributed by atoms with E-state index in [9.17, 15) is 4.79 Å². The van der Waals surface area contributed by atoms with Crippen LogP contribution in [0.15, 0.2) is 35.7 Å². The van der Waals surface area contributed by atoms with E-state index in [4.69, 9.17) is 9.47 Å². The number of nitrogens with zero attached hydrogens (tertiary/aromatic N) is 2. The fraction of sp³-hybridized carbons (Fsp3) is 0.560. The van der Waals surface area contributed by atoms with Crippen LogP contribution in [0.25, 0.3) is 0 Å². The highest BCUT2D eigenvalue weighted by Crippen LogP contribution is 2.36. The summed E-state index contributed by atoms with van der Waals surface area (Å²) in [5, 5.41) is 2.17. The maximum atomic E-state index is 12.8. The average Bonchev–Trinajstić information content (AvgIpc) is 3.33. The van der Waals surface area contributed by atoms with Gasteiger partial charge in [0, 0.05) is 50.6 Å². The maximum absolute atomic E-state index is 12.8. The van der Waals surface area contributed by atoms with Crippen molar-refractivity contribution in [3.05, 3.63) is 51.7 Å². The van der Waals surface area contributed by atoms with Gasteiger partial charge in [0.15, 0.2) is 0 Å². The van der Waals surface area contributed by atoms with Gasteiger partial charge in [-0.3, -0.25) is 9.69 Å². The topological polar surface area (TPSA) is 42.0 Å². The van der Waals surface area contributed by atoms with E-state index in [-0.39, 0.29) is 12.5 Å². The van der Waals surface area contributed by atoms with E-state index in [0.717, 1.165) is 38.5 Å². The molecule has 0 bridgehead atoms. The molecular weight excluding hydrogens is 408 g/mol. The zero-order valence-electron chi connectivity index (χ0n) is 19.5. The van der Waals surface area contributed by atoms with Crippen molar-refractivity contribution in [1.82, 2.24) is 9.80 Å². The summed E-state index contributed by atoms with van der Waals surface area (Å²) in [6.45, 7) is 11.1. The predicted octanol–water partition coefficient (Wildman–Crippen LogP) is 4.41. The van der Waals surface area contributed by atoms with Gasteiger partial charge >= 0.3 is 0 Å². The summed E-state index contributed by atoms with van der Waals surface area (Å²) in [6, 6.07) is 10.6. The second kappa shape index (κ2) is 11.1. The van der Waals surface area contributed by atoms with Gasteiger partial charge in [-0.1, -0.05) is 26.0 Å². The normalized spacial score (nSPS) is 19.2. The van der Waals surface area contributed by atoms with Gasteiger partial charge in [-0.05, 0) is 53.5 Å². The highest BCUT2D eigenvalue weighted by atomic mass is 32.1. The van der Waals surface area contributed by atoms with Crippen LogP contribution in [-0.4, -0.2) is 62.7 Å². The molecule has 2 atom stereocenters. The second-order valence-corrected chi connectivity index (χ2v) is 9.99. The molecule has 2 aromatic rings. The van der Waals surface area contributed by atoms with Crippen molar-refractivity contribution in [2.24, 2.45) is 11.8 Å². The lowest BCUT2D eigenvalue weighted by Gasteiger charge is -2.30. The number of amides is 1. The molecule has 3 rings (SSSR count). The van der Waals surface area contributed by atoms with Gasteiger partial charge < -0.3 is 14.4 Å². The number of carbonyl (C=O) groups is 1. The van der Waals surface area contributed by atoms with Gasteiger partial charge in [0.25, 0.3) is 0 Å². The fourth-order valence-corrected chi connectivity index (χ4v) is 5.46. The molecule has 1 aliphatic heterocycles. The SMILES string of the molecule is COCC(=O)N(CC(C)C)C[C@@H]1CN(Cc2sccc2C)C[C@@H]1c1cccc(OC)c1. The second-order valence-electron chi connectivity index (χ2n) is 8.99. The van der Waals surface area contributed by atoms with E-state index in [1.807, 2.05) is 22.3 Å². The van der Waals surface area contributed by atoms with E-state index >= 15 is 0 Å². The smallest absolute Gasteiger partial charge is 0.248 e. The number of thiophene rings is 1. The summed E-state index contributed by atoms with van der Waals surface area (Å²) < 4.78 is 10.6. The molecule has 0 N–H and O–H groups in total. The van der Waals surface area contributed by atoms with E-state index in [1.165, 1.54) is 16.0 Å². The van der Waals surface area contributed by atoms with Crippen LogP contribution in [0, 0.1) is 18.8 Å². The number of aryl methyl sites for hydroxylation is 1. The zero-order chi connectivity index (χ0) is 22.4. The molecule has 1 amide bonds. The third-order valence-corrected chi connectivity index (χ3v) is 7.04. The van der Waals surface area contributed by atoms with Crippen molar-refractivity contribution in [1.29, 1.82) is 0 Å². The first-order valence-corrected chi connectivity index (χ1v) is 11.9. The number of methoxy groups -OCH3 is 2. The number of ether oxygens (including phenoxy) is 2. The summed E-state index contributed by atoms with van der Waals surface area (Å²) >= 11 is 1.83. The molecule has 6 heteroatoms. The number of hydrogen-bond acceptors (Lipinski definition) is 5. The van der Waals surface area contributed by atoms with E-state index in [1.54, 1.807) is 14.2 Å². The van der Waals surface area contributed by atoms with Gasteiger partial charge in [0.1, 0.15) is 12.4 Å². The van der Waals surface area contributed by atoms with Gasteiger partial charge in [-0.15, -0.1) is 11.3 Å². The summed E-state index contributed by atoms with van der Waals surface area (Å²) in [4.78, 5) is 18.7. The summed E-state index contributed by atoms with van der Waals surface area (Å²) in [5.74, 6) is 2.11. The highest BCUT2D eigenvalue weighted by Gasteiger charge is 2.36. The van der Waals surface area contributed by atoms with Crippen molar-refractivity contribution < 1.29 is 14.3 Å². The molecule has 1 aliphatic rings. The van der Waals surface area contributed by atoms with Crippen LogP contribution in [0.3, 0.4) is 0 Å². The Morgan fingerprint density at radius 2 is 2.06 bits per heavy atom. The van der Waals surface area contributed by atoms with Crippen molar-refractivity contribution in [3.8, 4) is 5.75 Å². The Morgan fingerprint density at radius 3 is 2.71 bits per heavy atom. The minimum Gasteiger partial charge on any atom is -0.497 e. The van der Waals surface area contributed by atoms with Crippen molar-refractivity contribution in [2.75, 3.05) is 47.0 Å². The molecule has 5 nitrogen and oxygen atoms in total. The molecule has 1 aromatic carbocycles. The van der Waals surface area contributed by atoms with Gasteiger partial charge in [0.05, 0.1) is 7.11 Å². The third kappa shape index (κ3) is 6.31. The van der Waals surface area contributed by atoms with Crippen LogP contribution >= 0.6 is 11.3 Å². The fourth-order valence-electron chi connectivity index (χ4n) is 4.51. The lowest BCUT2D eigenvalue weighted by Crippen LogP contribution is -2.41. The molecule has 0 aliphatic carbocycles. The molecule has 31 heavy (non-hydrogen) atoms. The molecule has 1 aromatic heterocycles. The highest BCUT2D eigenvalue weighted by molar-refractivity contribution is 7.10. The quantitative estimate of drug-likeness (QED) is 0.544. The van der Waals surface area contributed by atoms with Crippen molar-refractivity contribution >= 4 is 17.2 Å². The molecule has 0 unspecified atom stereocenters. The number of likely N-dealkylation sites (tertiary alicyclic amines) is 1. The largest absolute Gasteiger partial charge is 0.497 e. The maximum Gasteiger partial charge on any atom is 0.248 e. The molecule has 0 spiro atoms. The lowest BCUT2D eigenvalue weighted by atomic mass is 9.88. The Labute approximate surface area is 191 Å². The monoisotopic (exact) mass is 444 g/mol. The van der Waals surface area contributed by atoms with Crippen molar-refractivity contribution in [2.45, 2.75) is 33.2 Å². The van der Waals surface area contributed by atoms with Crippen LogP contribution in [0.4, 0.5) is 0 Å². The van der Waals surface area contributed by atoms with E-state index < -0.39 is 0 Å². The van der Waals surface area contributed by atoms with E-state index in [0.29, 0.717) is 17.8 Å². The van der Waals surface area contributed by atoms with E-state index in [2.05, 4.69) is 55.3 Å². The Hall–Kier alpha value is -1.89. The number of hydrogen-bond donors (Lipinski definition) is 0. The van der Waals surface area contributed by atoms with Crippen LogP contribution < -0.4 is 4.74 Å². The van der Waals surface area contributed by atoms with Gasteiger partial charge in [-0.2, -0.15) is 0 Å². The van der Waals surface area contributed by atoms with Gasteiger partial charge in [-0.25, -0.2) is 0 Å². The van der Waals surface area contributed by atoms with Crippen LogP contribution in [0.1, 0.15) is 35.8 Å². The Balaban J connectivity index is 1.83. The van der Waals surface area contributed by atoms with Crippen LogP contribution in [-0.2, 0) is 16.1 Å². The van der Waals surface area contributed by atoms with Crippen LogP contribution in [0.5, 0.6) is 5.75 Å². The first kappa shape index (κ1) is 23.8. The zero-order valence-corrected chi connectivity index (χ0v) is 20.3. The van der Waals surface area contributed by atoms with Crippen LogP contribution in [0.2, 0.25) is 0 Å². The molecule has 1 fully saturated rings. The average molecular weight is 445 g/mol. The first-order chi connectivity index (χ1) is 14.9.